The highest BCUT2D eigenvalue weighted by molar-refractivity contribution is 5.04. The summed E-state index contributed by atoms with van der Waals surface area (Å²) in [4.78, 5) is 4.43. The van der Waals surface area contributed by atoms with Gasteiger partial charge in [-0.1, -0.05) is 26.7 Å². The summed E-state index contributed by atoms with van der Waals surface area (Å²) in [5, 5.41) is 3.42. The normalized spacial score (nSPS) is 26.2. The Hall–Kier alpha value is -0.830. The zero-order chi connectivity index (χ0) is 13.0. The summed E-state index contributed by atoms with van der Waals surface area (Å²) in [5.74, 6) is 3.42. The lowest BCUT2D eigenvalue weighted by Gasteiger charge is -2.24. The van der Waals surface area contributed by atoms with Gasteiger partial charge in [-0.2, -0.15) is 0 Å². The van der Waals surface area contributed by atoms with Crippen LogP contribution in [0.4, 0.5) is 0 Å². The first-order chi connectivity index (χ1) is 8.70. The molecule has 102 valence electrons. The minimum atomic E-state index is 0.223. The first kappa shape index (κ1) is 13.6. The Bertz CT molecular complexity index is 353. The van der Waals surface area contributed by atoms with Crippen molar-refractivity contribution in [1.82, 2.24) is 10.3 Å². The number of hydrogen-bond donors (Lipinski definition) is 1. The third-order valence-corrected chi connectivity index (χ3v) is 4.03. The average Bonchev–Trinajstić information content (AvgIpc) is 2.86. The summed E-state index contributed by atoms with van der Waals surface area (Å²) < 4.78 is 5.94. The van der Waals surface area contributed by atoms with Crippen LogP contribution in [0.25, 0.3) is 0 Å². The quantitative estimate of drug-likeness (QED) is 0.857. The molecule has 1 saturated carbocycles. The standard InChI is InChI=1S/C15H26N2O/c1-4-9-16-12(3)15-17-10-14(18-15)13-7-5-11(2)6-8-13/h10-13,16H,4-9H2,1-3H3. The van der Waals surface area contributed by atoms with Crippen LogP contribution in [-0.4, -0.2) is 11.5 Å². The van der Waals surface area contributed by atoms with Gasteiger partial charge in [-0.05, 0) is 38.6 Å². The van der Waals surface area contributed by atoms with E-state index >= 15 is 0 Å². The summed E-state index contributed by atoms with van der Waals surface area (Å²) in [7, 11) is 0. The number of aromatic nitrogens is 1. The predicted octanol–water partition coefficient (Wildman–Crippen LogP) is 4.03. The number of oxazole rings is 1. The van der Waals surface area contributed by atoms with Crippen molar-refractivity contribution >= 4 is 0 Å². The van der Waals surface area contributed by atoms with Gasteiger partial charge in [0, 0.05) is 5.92 Å². The Balaban J connectivity index is 1.93. The van der Waals surface area contributed by atoms with Gasteiger partial charge in [-0.15, -0.1) is 0 Å². The molecule has 0 saturated heterocycles. The van der Waals surface area contributed by atoms with Crippen LogP contribution >= 0.6 is 0 Å². The van der Waals surface area contributed by atoms with Crippen LogP contribution in [0.5, 0.6) is 0 Å². The molecule has 0 bridgehead atoms. The van der Waals surface area contributed by atoms with Crippen LogP contribution in [0.15, 0.2) is 10.6 Å². The average molecular weight is 250 g/mol. The first-order valence-electron chi connectivity index (χ1n) is 7.39. The molecule has 1 aliphatic rings. The second-order valence-electron chi connectivity index (χ2n) is 5.73. The molecule has 0 aliphatic heterocycles. The van der Waals surface area contributed by atoms with Crippen molar-refractivity contribution < 1.29 is 4.42 Å². The van der Waals surface area contributed by atoms with Gasteiger partial charge in [0.2, 0.25) is 5.89 Å². The molecule has 1 unspecified atom stereocenters. The summed E-state index contributed by atoms with van der Waals surface area (Å²) in [6.07, 6.45) is 8.24. The van der Waals surface area contributed by atoms with E-state index in [0.29, 0.717) is 5.92 Å². The van der Waals surface area contributed by atoms with Crippen molar-refractivity contribution in [3.63, 3.8) is 0 Å². The van der Waals surface area contributed by atoms with Crippen LogP contribution in [-0.2, 0) is 0 Å². The van der Waals surface area contributed by atoms with E-state index in [2.05, 4.69) is 31.1 Å². The van der Waals surface area contributed by atoms with Crippen LogP contribution in [0, 0.1) is 5.92 Å². The van der Waals surface area contributed by atoms with Crippen LogP contribution < -0.4 is 5.32 Å². The molecule has 1 N–H and O–H groups in total. The zero-order valence-corrected chi connectivity index (χ0v) is 11.9. The Morgan fingerprint density at radius 3 is 2.78 bits per heavy atom. The molecule has 0 spiro atoms. The van der Waals surface area contributed by atoms with Gasteiger partial charge >= 0.3 is 0 Å². The molecule has 18 heavy (non-hydrogen) atoms. The van der Waals surface area contributed by atoms with Gasteiger partial charge in [0.1, 0.15) is 5.76 Å². The Kier molecular flexibility index (Phi) is 4.81. The number of hydrogen-bond acceptors (Lipinski definition) is 3. The molecule has 0 aromatic carbocycles. The number of nitrogens with one attached hydrogen (secondary N) is 1. The van der Waals surface area contributed by atoms with Crippen molar-refractivity contribution in [1.29, 1.82) is 0 Å². The van der Waals surface area contributed by atoms with Crippen LogP contribution in [0.3, 0.4) is 0 Å². The molecule has 1 fully saturated rings. The lowest BCUT2D eigenvalue weighted by Crippen LogP contribution is -2.19. The molecule has 1 aliphatic carbocycles. The second-order valence-corrected chi connectivity index (χ2v) is 5.73. The van der Waals surface area contributed by atoms with E-state index in [-0.39, 0.29) is 6.04 Å². The SMILES string of the molecule is CCCNC(C)c1ncc(C2CCC(C)CC2)o1. The monoisotopic (exact) mass is 250 g/mol. The molecule has 0 radical (unpaired) electrons. The van der Waals surface area contributed by atoms with E-state index in [1.54, 1.807) is 0 Å². The molecule has 2 rings (SSSR count). The molecule has 1 heterocycles. The van der Waals surface area contributed by atoms with Crippen LogP contribution in [0.2, 0.25) is 0 Å². The third-order valence-electron chi connectivity index (χ3n) is 4.03. The maximum Gasteiger partial charge on any atom is 0.211 e. The van der Waals surface area contributed by atoms with Crippen molar-refractivity contribution in [2.45, 2.75) is 64.8 Å². The van der Waals surface area contributed by atoms with Gasteiger partial charge < -0.3 is 9.73 Å². The van der Waals surface area contributed by atoms with Crippen LogP contribution in [0.1, 0.15) is 76.5 Å². The Morgan fingerprint density at radius 2 is 2.11 bits per heavy atom. The summed E-state index contributed by atoms with van der Waals surface area (Å²) in [6, 6.07) is 0.223. The minimum absolute atomic E-state index is 0.223. The zero-order valence-electron chi connectivity index (χ0n) is 11.9. The van der Waals surface area contributed by atoms with E-state index < -0.39 is 0 Å². The highest BCUT2D eigenvalue weighted by atomic mass is 16.4. The molecule has 3 nitrogen and oxygen atoms in total. The van der Waals surface area contributed by atoms with E-state index in [4.69, 9.17) is 4.42 Å². The lowest BCUT2D eigenvalue weighted by molar-refractivity contribution is 0.301. The van der Waals surface area contributed by atoms with E-state index in [9.17, 15) is 0 Å². The topological polar surface area (TPSA) is 38.1 Å². The van der Waals surface area contributed by atoms with Gasteiger partial charge in [0.05, 0.1) is 12.2 Å². The number of rotatable bonds is 5. The fourth-order valence-corrected chi connectivity index (χ4v) is 2.68. The molecular formula is C15H26N2O. The molecule has 1 aromatic rings. The van der Waals surface area contributed by atoms with E-state index in [1.807, 2.05) is 6.20 Å². The predicted molar refractivity (Wildman–Crippen MR) is 73.6 cm³/mol. The maximum absolute atomic E-state index is 5.94. The highest BCUT2D eigenvalue weighted by Gasteiger charge is 2.23. The highest BCUT2D eigenvalue weighted by Crippen LogP contribution is 2.36. The molecular weight excluding hydrogens is 224 g/mol. The van der Waals surface area contributed by atoms with E-state index in [1.165, 1.54) is 25.7 Å². The molecule has 3 heteroatoms. The first-order valence-corrected chi connectivity index (χ1v) is 7.39. The molecule has 1 aromatic heterocycles. The van der Waals surface area contributed by atoms with Gasteiger partial charge in [-0.25, -0.2) is 4.98 Å². The third kappa shape index (κ3) is 3.35. The van der Waals surface area contributed by atoms with Crippen molar-refractivity contribution in [3.8, 4) is 0 Å². The van der Waals surface area contributed by atoms with Gasteiger partial charge in [-0.3, -0.25) is 0 Å². The Morgan fingerprint density at radius 1 is 1.39 bits per heavy atom. The number of nitrogens with zero attached hydrogens (tertiary/aromatic N) is 1. The molecule has 1 atom stereocenters. The summed E-state index contributed by atoms with van der Waals surface area (Å²) in [5.41, 5.74) is 0. The largest absolute Gasteiger partial charge is 0.444 e. The smallest absolute Gasteiger partial charge is 0.211 e. The maximum atomic E-state index is 5.94. The lowest BCUT2D eigenvalue weighted by atomic mass is 9.82. The minimum Gasteiger partial charge on any atom is -0.444 e. The fraction of sp³-hybridized carbons (Fsp3) is 0.800. The summed E-state index contributed by atoms with van der Waals surface area (Å²) in [6.45, 7) is 7.65. The van der Waals surface area contributed by atoms with Crippen molar-refractivity contribution in [2.75, 3.05) is 6.54 Å². The van der Waals surface area contributed by atoms with Gasteiger partial charge in [0.15, 0.2) is 0 Å². The van der Waals surface area contributed by atoms with Crippen molar-refractivity contribution in [3.05, 3.63) is 17.8 Å². The second kappa shape index (κ2) is 6.37. The fourth-order valence-electron chi connectivity index (χ4n) is 2.68. The summed E-state index contributed by atoms with van der Waals surface area (Å²) >= 11 is 0. The van der Waals surface area contributed by atoms with Crippen molar-refractivity contribution in [2.24, 2.45) is 5.92 Å². The molecule has 0 amide bonds. The van der Waals surface area contributed by atoms with Gasteiger partial charge in [0.25, 0.3) is 0 Å². The Labute approximate surface area is 110 Å². The van der Waals surface area contributed by atoms with E-state index in [0.717, 1.165) is 30.5 Å².